The highest BCUT2D eigenvalue weighted by Crippen LogP contribution is 2.67. The summed E-state index contributed by atoms with van der Waals surface area (Å²) in [6.07, 6.45) is 7.60. The summed E-state index contributed by atoms with van der Waals surface area (Å²) in [5.74, 6) is 0.110. The van der Waals surface area contributed by atoms with Crippen LogP contribution >= 0.6 is 0 Å². The van der Waals surface area contributed by atoms with Crippen LogP contribution in [0.1, 0.15) is 93.5 Å². The molecular formula is C29H34O5. The molecule has 4 aliphatic rings. The molecule has 5 nitrogen and oxygen atoms in total. The Labute approximate surface area is 200 Å². The Morgan fingerprint density at radius 3 is 2.50 bits per heavy atom. The van der Waals surface area contributed by atoms with Gasteiger partial charge in [-0.1, -0.05) is 36.8 Å². The van der Waals surface area contributed by atoms with Crippen LogP contribution in [0.15, 0.2) is 47.1 Å². The first kappa shape index (κ1) is 23.2. The number of Topliss-reactive ketones (excluding diaryl/α,β-unsaturated/α-hetero) is 1. The normalized spacial score (nSPS) is 34.7. The fraction of sp³-hybridized carbons (Fsp3) is 0.552. The molecule has 1 aromatic carbocycles. The molecule has 5 rings (SSSR count). The Morgan fingerprint density at radius 2 is 1.82 bits per heavy atom. The zero-order valence-electron chi connectivity index (χ0n) is 20.1. The van der Waals surface area contributed by atoms with Crippen LogP contribution in [0.5, 0.6) is 0 Å². The van der Waals surface area contributed by atoms with Crippen LogP contribution in [0.25, 0.3) is 0 Å². The van der Waals surface area contributed by atoms with Gasteiger partial charge >= 0.3 is 5.97 Å². The fourth-order valence-electron chi connectivity index (χ4n) is 7.73. The smallest absolute Gasteiger partial charge is 0.303 e. The molecule has 0 amide bonds. The molecule has 34 heavy (non-hydrogen) atoms. The van der Waals surface area contributed by atoms with E-state index in [1.807, 2.05) is 30.3 Å². The molecule has 1 aromatic rings. The quantitative estimate of drug-likeness (QED) is 0.573. The number of aliphatic hydroxyl groups is 1. The van der Waals surface area contributed by atoms with Crippen molar-refractivity contribution in [3.05, 3.63) is 58.2 Å². The molecule has 5 heteroatoms. The van der Waals surface area contributed by atoms with Crippen LogP contribution in [0.2, 0.25) is 0 Å². The summed E-state index contributed by atoms with van der Waals surface area (Å²) in [7, 11) is 0. The number of benzene rings is 1. The van der Waals surface area contributed by atoms with E-state index in [1.165, 1.54) is 16.7 Å². The minimum atomic E-state index is -0.998. The number of fused-ring (bicyclic) bond motifs is 4. The van der Waals surface area contributed by atoms with Crippen molar-refractivity contribution in [1.29, 1.82) is 0 Å². The Kier molecular flexibility index (Phi) is 5.67. The average Bonchev–Trinajstić information content (AvgIpc) is 3.07. The summed E-state index contributed by atoms with van der Waals surface area (Å²) in [4.78, 5) is 35.4. The lowest BCUT2D eigenvalue weighted by molar-refractivity contribution is -0.142. The highest BCUT2D eigenvalue weighted by Gasteiger charge is 2.62. The molecule has 2 saturated carbocycles. The van der Waals surface area contributed by atoms with Crippen molar-refractivity contribution in [2.45, 2.75) is 83.2 Å². The third kappa shape index (κ3) is 3.60. The molecule has 0 heterocycles. The summed E-state index contributed by atoms with van der Waals surface area (Å²) in [6, 6.07) is 7.88. The first-order valence-corrected chi connectivity index (χ1v) is 12.6. The minimum absolute atomic E-state index is 0.0234. The van der Waals surface area contributed by atoms with E-state index in [1.54, 1.807) is 6.92 Å². The third-order valence-electron chi connectivity index (χ3n) is 9.53. The van der Waals surface area contributed by atoms with Gasteiger partial charge in [-0.05, 0) is 86.5 Å². The van der Waals surface area contributed by atoms with E-state index in [0.29, 0.717) is 30.2 Å². The Balaban J connectivity index is 1.62. The van der Waals surface area contributed by atoms with Gasteiger partial charge < -0.3 is 10.2 Å². The second-order valence-corrected chi connectivity index (χ2v) is 11.1. The molecular weight excluding hydrogens is 428 g/mol. The first-order chi connectivity index (χ1) is 16.1. The number of carboxylic acid groups (broad SMARTS) is 1. The first-order valence-electron chi connectivity index (χ1n) is 12.6. The topological polar surface area (TPSA) is 91.7 Å². The van der Waals surface area contributed by atoms with Crippen molar-refractivity contribution in [1.82, 2.24) is 0 Å². The highest BCUT2D eigenvalue weighted by molar-refractivity contribution is 5.94. The van der Waals surface area contributed by atoms with Gasteiger partial charge in [0.05, 0.1) is 5.60 Å². The lowest BCUT2D eigenvalue weighted by Gasteiger charge is -2.55. The Hall–Kier alpha value is -2.53. The van der Waals surface area contributed by atoms with E-state index in [9.17, 15) is 24.6 Å². The third-order valence-corrected chi connectivity index (χ3v) is 9.53. The summed E-state index contributed by atoms with van der Waals surface area (Å²) in [5, 5.41) is 21.2. The molecule has 2 N–H and O–H groups in total. The van der Waals surface area contributed by atoms with Gasteiger partial charge in [0.15, 0.2) is 11.6 Å². The zero-order chi connectivity index (χ0) is 24.3. The summed E-state index contributed by atoms with van der Waals surface area (Å²) in [6.45, 7) is 3.75. The molecule has 4 aliphatic carbocycles. The number of ketones is 2. The van der Waals surface area contributed by atoms with Crippen molar-refractivity contribution in [2.24, 2.45) is 17.3 Å². The van der Waals surface area contributed by atoms with Gasteiger partial charge in [-0.3, -0.25) is 14.4 Å². The van der Waals surface area contributed by atoms with Gasteiger partial charge in [-0.25, -0.2) is 0 Å². The lowest BCUT2D eigenvalue weighted by Crippen LogP contribution is -2.51. The van der Waals surface area contributed by atoms with Crippen molar-refractivity contribution < 1.29 is 24.6 Å². The van der Waals surface area contributed by atoms with Gasteiger partial charge in [0.25, 0.3) is 0 Å². The van der Waals surface area contributed by atoms with Gasteiger partial charge in [-0.15, -0.1) is 0 Å². The number of hydrogen-bond acceptors (Lipinski definition) is 4. The number of rotatable bonds is 5. The number of carboxylic acids is 1. The molecule has 0 saturated heterocycles. The second-order valence-electron chi connectivity index (χ2n) is 11.1. The van der Waals surface area contributed by atoms with E-state index in [-0.39, 0.29) is 35.7 Å². The van der Waals surface area contributed by atoms with Crippen molar-refractivity contribution in [3.63, 3.8) is 0 Å². The largest absolute Gasteiger partial charge is 0.481 e. The number of carbonyl (C=O) groups is 3. The Bertz CT molecular complexity index is 1110. The number of aliphatic carboxylic acids is 1. The van der Waals surface area contributed by atoms with Crippen LogP contribution < -0.4 is 0 Å². The predicted octanol–water partition coefficient (Wildman–Crippen LogP) is 5.38. The maximum Gasteiger partial charge on any atom is 0.303 e. The van der Waals surface area contributed by atoms with Crippen molar-refractivity contribution in [3.8, 4) is 0 Å². The van der Waals surface area contributed by atoms with Gasteiger partial charge in [0.2, 0.25) is 0 Å². The van der Waals surface area contributed by atoms with Crippen LogP contribution in [-0.4, -0.2) is 33.3 Å². The van der Waals surface area contributed by atoms with Crippen LogP contribution in [0, 0.1) is 17.3 Å². The predicted molar refractivity (Wildman–Crippen MR) is 129 cm³/mol. The molecule has 0 radical (unpaired) electrons. The lowest BCUT2D eigenvalue weighted by atomic mass is 9.51. The van der Waals surface area contributed by atoms with E-state index in [2.05, 4.69) is 6.92 Å². The maximum atomic E-state index is 12.2. The summed E-state index contributed by atoms with van der Waals surface area (Å²) in [5.41, 5.74) is 4.42. The molecule has 0 unspecified atom stereocenters. The molecule has 0 aliphatic heterocycles. The maximum absolute atomic E-state index is 12.2. The molecule has 2 fully saturated rings. The second kappa shape index (κ2) is 8.30. The van der Waals surface area contributed by atoms with Gasteiger partial charge in [0, 0.05) is 29.7 Å². The van der Waals surface area contributed by atoms with Gasteiger partial charge in [0.1, 0.15) is 0 Å². The number of allylic oxidation sites excluding steroid dienone is 4. The number of carbonyl (C=O) groups excluding carboxylic acids is 2. The van der Waals surface area contributed by atoms with Crippen LogP contribution in [0.4, 0.5) is 0 Å². The number of hydrogen-bond donors (Lipinski definition) is 2. The standard InChI is InChI=1S/C29H34O5/c1-17(30)18-3-5-19(6-4-18)24-16-28(2)25(11-13-29(28,34)14-12-26(32)33)23-9-7-20-15-21(31)8-10-22(20)27(23)24/h3-6,15,23-25,34H,7-14,16H2,1-2H3,(H,32,33)/t23-,24+,25-,28-,29-/m0/s1. The summed E-state index contributed by atoms with van der Waals surface area (Å²) >= 11 is 0. The van der Waals surface area contributed by atoms with E-state index < -0.39 is 11.6 Å². The summed E-state index contributed by atoms with van der Waals surface area (Å²) < 4.78 is 0. The van der Waals surface area contributed by atoms with E-state index in [4.69, 9.17) is 0 Å². The van der Waals surface area contributed by atoms with Crippen molar-refractivity contribution in [2.75, 3.05) is 0 Å². The average molecular weight is 463 g/mol. The van der Waals surface area contributed by atoms with Crippen molar-refractivity contribution >= 4 is 17.5 Å². The monoisotopic (exact) mass is 462 g/mol. The Morgan fingerprint density at radius 1 is 1.09 bits per heavy atom. The van der Waals surface area contributed by atoms with E-state index in [0.717, 1.165) is 37.7 Å². The molecule has 5 atom stereocenters. The molecule has 0 bridgehead atoms. The SMILES string of the molecule is CC(=O)c1ccc([C@H]2C[C@@]3(C)[C@@H](CC[C@]3(O)CCC(=O)O)[C@@H]3CCC4=CC(=O)CCC4=C32)cc1. The van der Waals surface area contributed by atoms with E-state index >= 15 is 0 Å². The molecule has 180 valence electrons. The fourth-order valence-corrected chi connectivity index (χ4v) is 7.73. The molecule has 0 spiro atoms. The van der Waals surface area contributed by atoms with Gasteiger partial charge in [-0.2, -0.15) is 0 Å². The van der Waals surface area contributed by atoms with Crippen LogP contribution in [-0.2, 0) is 9.59 Å². The minimum Gasteiger partial charge on any atom is -0.481 e. The highest BCUT2D eigenvalue weighted by atomic mass is 16.4. The van der Waals surface area contributed by atoms with Crippen LogP contribution in [0.3, 0.4) is 0 Å². The zero-order valence-corrected chi connectivity index (χ0v) is 20.1. The molecule has 0 aromatic heterocycles.